The number of hydrogen-bond donors (Lipinski definition) is 0. The Balaban J connectivity index is 3.44. The summed E-state index contributed by atoms with van der Waals surface area (Å²) in [5, 5.41) is 9.42. The van der Waals surface area contributed by atoms with Gasteiger partial charge in [0.05, 0.1) is 17.7 Å². The highest BCUT2D eigenvalue weighted by molar-refractivity contribution is 6.69. The van der Waals surface area contributed by atoms with Gasteiger partial charge in [0.25, 0.3) is 0 Å². The SMILES string of the molecule is CC(=O)C(C(=O)OC(C)(C)C)C(O[Si](C)(C)C)c1ccccc1C#N. The van der Waals surface area contributed by atoms with Gasteiger partial charge in [-0.05, 0) is 59.0 Å². The number of carbonyl (C=O) groups excluding carboxylic acids is 2. The molecule has 0 saturated carbocycles. The van der Waals surface area contributed by atoms with E-state index in [-0.39, 0.29) is 5.78 Å². The lowest BCUT2D eigenvalue weighted by Gasteiger charge is -2.32. The summed E-state index contributed by atoms with van der Waals surface area (Å²) in [6.45, 7) is 12.5. The van der Waals surface area contributed by atoms with Crippen molar-refractivity contribution >= 4 is 20.1 Å². The highest BCUT2D eigenvalue weighted by atomic mass is 28.4. The van der Waals surface area contributed by atoms with Crippen LogP contribution in [-0.2, 0) is 18.8 Å². The van der Waals surface area contributed by atoms with Gasteiger partial charge in [0.2, 0.25) is 0 Å². The van der Waals surface area contributed by atoms with E-state index in [1.54, 1.807) is 45.0 Å². The number of carbonyl (C=O) groups is 2. The fourth-order valence-corrected chi connectivity index (χ4v) is 3.43. The van der Waals surface area contributed by atoms with Crippen molar-refractivity contribution in [1.82, 2.24) is 0 Å². The molecule has 6 heteroatoms. The number of hydrogen-bond acceptors (Lipinski definition) is 5. The second kappa shape index (κ2) is 7.94. The molecular formula is C19H27NO4Si. The smallest absolute Gasteiger partial charge is 0.319 e. The summed E-state index contributed by atoms with van der Waals surface area (Å²) in [7, 11) is -2.12. The van der Waals surface area contributed by atoms with Crippen LogP contribution in [0.25, 0.3) is 0 Å². The third kappa shape index (κ3) is 6.44. The Labute approximate surface area is 151 Å². The van der Waals surface area contributed by atoms with E-state index in [0.717, 1.165) is 0 Å². The summed E-state index contributed by atoms with van der Waals surface area (Å²) in [4.78, 5) is 25.0. The number of esters is 1. The van der Waals surface area contributed by atoms with Gasteiger partial charge in [-0.25, -0.2) is 0 Å². The third-order valence-corrected chi connectivity index (χ3v) is 4.23. The Hall–Kier alpha value is -1.97. The maximum Gasteiger partial charge on any atom is 0.319 e. The van der Waals surface area contributed by atoms with Crippen LogP contribution in [-0.4, -0.2) is 25.7 Å². The van der Waals surface area contributed by atoms with Crippen LogP contribution in [0, 0.1) is 17.2 Å². The maximum absolute atomic E-state index is 12.7. The summed E-state index contributed by atoms with van der Waals surface area (Å²) in [6.07, 6.45) is -0.838. The van der Waals surface area contributed by atoms with Crippen molar-refractivity contribution in [3.8, 4) is 6.07 Å². The fourth-order valence-electron chi connectivity index (χ4n) is 2.41. The minimum Gasteiger partial charge on any atom is -0.459 e. The van der Waals surface area contributed by atoms with E-state index in [1.807, 2.05) is 19.6 Å². The molecule has 2 unspecified atom stereocenters. The molecule has 0 aliphatic carbocycles. The first-order valence-electron chi connectivity index (χ1n) is 8.26. The highest BCUT2D eigenvalue weighted by Crippen LogP contribution is 2.34. The maximum atomic E-state index is 12.7. The van der Waals surface area contributed by atoms with Gasteiger partial charge in [-0.2, -0.15) is 5.26 Å². The van der Waals surface area contributed by atoms with Crippen molar-refractivity contribution in [2.45, 2.75) is 59.0 Å². The largest absolute Gasteiger partial charge is 0.459 e. The van der Waals surface area contributed by atoms with E-state index in [4.69, 9.17) is 9.16 Å². The number of nitrogens with zero attached hydrogens (tertiary/aromatic N) is 1. The normalized spacial score (nSPS) is 14.3. The van der Waals surface area contributed by atoms with Gasteiger partial charge in [0.1, 0.15) is 17.3 Å². The number of nitriles is 1. The van der Waals surface area contributed by atoms with Crippen molar-refractivity contribution < 1.29 is 18.8 Å². The van der Waals surface area contributed by atoms with Crippen LogP contribution >= 0.6 is 0 Å². The minimum atomic E-state index is -2.12. The number of rotatable bonds is 6. The Morgan fingerprint density at radius 3 is 2.16 bits per heavy atom. The molecule has 1 aromatic rings. The molecule has 0 aromatic heterocycles. The zero-order valence-electron chi connectivity index (χ0n) is 16.0. The number of benzene rings is 1. The fraction of sp³-hybridized carbons (Fsp3) is 0.526. The first-order chi connectivity index (χ1) is 11.4. The average molecular weight is 362 g/mol. The quantitative estimate of drug-likeness (QED) is 0.435. The van der Waals surface area contributed by atoms with Gasteiger partial charge in [0.15, 0.2) is 8.32 Å². The molecule has 0 bridgehead atoms. The van der Waals surface area contributed by atoms with Crippen LogP contribution in [0.4, 0.5) is 0 Å². The molecule has 1 aromatic carbocycles. The van der Waals surface area contributed by atoms with Crippen molar-refractivity contribution in [3.63, 3.8) is 0 Å². The summed E-state index contributed by atoms with van der Waals surface area (Å²) in [5.74, 6) is -2.08. The molecule has 0 fully saturated rings. The van der Waals surface area contributed by atoms with Crippen LogP contribution in [0.1, 0.15) is 44.9 Å². The Kier molecular flexibility index (Phi) is 6.69. The molecule has 0 aliphatic heterocycles. The summed E-state index contributed by atoms with van der Waals surface area (Å²) < 4.78 is 11.6. The van der Waals surface area contributed by atoms with Gasteiger partial charge in [-0.3, -0.25) is 9.59 Å². The van der Waals surface area contributed by atoms with Crippen LogP contribution in [0.5, 0.6) is 0 Å². The van der Waals surface area contributed by atoms with Crippen LogP contribution < -0.4 is 0 Å². The van der Waals surface area contributed by atoms with Crippen LogP contribution in [0.3, 0.4) is 0 Å². The molecule has 0 spiro atoms. The Morgan fingerprint density at radius 2 is 1.72 bits per heavy atom. The number of ketones is 1. The second-order valence-corrected chi connectivity index (χ2v) is 12.4. The van der Waals surface area contributed by atoms with Gasteiger partial charge < -0.3 is 9.16 Å². The lowest BCUT2D eigenvalue weighted by atomic mass is 9.90. The van der Waals surface area contributed by atoms with Gasteiger partial charge in [0, 0.05) is 0 Å². The molecule has 0 saturated heterocycles. The molecule has 5 nitrogen and oxygen atoms in total. The van der Waals surface area contributed by atoms with E-state index in [1.165, 1.54) is 6.92 Å². The summed E-state index contributed by atoms with van der Waals surface area (Å²) in [5.41, 5.74) is 0.211. The number of Topliss-reactive ketones (excluding diaryl/α,β-unsaturated/α-hetero) is 1. The molecule has 0 heterocycles. The number of ether oxygens (including phenoxy) is 1. The second-order valence-electron chi connectivity index (χ2n) is 7.97. The van der Waals surface area contributed by atoms with E-state index in [9.17, 15) is 14.9 Å². The molecule has 136 valence electrons. The molecule has 0 N–H and O–H groups in total. The standard InChI is InChI=1S/C19H27NO4Si/c1-13(21)16(18(22)23-19(2,3)4)17(24-25(5,6)7)15-11-9-8-10-14(15)12-20/h8-11,16-17H,1-7H3. The molecule has 0 amide bonds. The predicted molar refractivity (Wildman–Crippen MR) is 98.3 cm³/mol. The molecule has 1 rings (SSSR count). The van der Waals surface area contributed by atoms with Gasteiger partial charge >= 0.3 is 5.97 Å². The zero-order valence-corrected chi connectivity index (χ0v) is 17.0. The summed E-state index contributed by atoms with van der Waals surface area (Å²) in [6, 6.07) is 9.00. The van der Waals surface area contributed by atoms with Crippen molar-refractivity contribution in [2.75, 3.05) is 0 Å². The predicted octanol–water partition coefficient (Wildman–Crippen LogP) is 4.00. The van der Waals surface area contributed by atoms with Crippen LogP contribution in [0.15, 0.2) is 24.3 Å². The molecular weight excluding hydrogens is 334 g/mol. The van der Waals surface area contributed by atoms with E-state index in [2.05, 4.69) is 6.07 Å². The summed E-state index contributed by atoms with van der Waals surface area (Å²) >= 11 is 0. The van der Waals surface area contributed by atoms with Crippen molar-refractivity contribution in [2.24, 2.45) is 5.92 Å². The van der Waals surface area contributed by atoms with E-state index in [0.29, 0.717) is 11.1 Å². The van der Waals surface area contributed by atoms with E-state index < -0.39 is 31.9 Å². The highest BCUT2D eigenvalue weighted by Gasteiger charge is 2.40. The first-order valence-corrected chi connectivity index (χ1v) is 11.7. The van der Waals surface area contributed by atoms with Crippen molar-refractivity contribution in [1.29, 1.82) is 5.26 Å². The minimum absolute atomic E-state index is 0.342. The third-order valence-electron chi connectivity index (χ3n) is 3.27. The van der Waals surface area contributed by atoms with E-state index >= 15 is 0 Å². The monoisotopic (exact) mass is 361 g/mol. The van der Waals surface area contributed by atoms with Gasteiger partial charge in [-0.15, -0.1) is 0 Å². The topological polar surface area (TPSA) is 76.4 Å². The Bertz CT molecular complexity index is 680. The van der Waals surface area contributed by atoms with Crippen molar-refractivity contribution in [3.05, 3.63) is 35.4 Å². The lowest BCUT2D eigenvalue weighted by molar-refractivity contribution is -0.165. The molecule has 2 atom stereocenters. The molecule has 0 radical (unpaired) electrons. The zero-order chi connectivity index (χ0) is 19.4. The molecule has 0 aliphatic rings. The Morgan fingerprint density at radius 1 is 1.16 bits per heavy atom. The first kappa shape index (κ1) is 21.1. The molecule has 25 heavy (non-hydrogen) atoms. The lowest BCUT2D eigenvalue weighted by Crippen LogP contribution is -2.40. The average Bonchev–Trinajstić information content (AvgIpc) is 2.42. The van der Waals surface area contributed by atoms with Gasteiger partial charge in [-0.1, -0.05) is 18.2 Å². The van der Waals surface area contributed by atoms with Crippen LogP contribution in [0.2, 0.25) is 19.6 Å².